The fourth-order valence-corrected chi connectivity index (χ4v) is 3.78. The largest absolute Gasteiger partial charge is 0.488 e. The molecule has 0 aliphatic heterocycles. The summed E-state index contributed by atoms with van der Waals surface area (Å²) in [5.41, 5.74) is 1.75. The van der Waals surface area contributed by atoms with Crippen molar-refractivity contribution in [2.24, 2.45) is 4.99 Å². The monoisotopic (exact) mass is 577 g/mol. The van der Waals surface area contributed by atoms with Crippen LogP contribution in [0.25, 0.3) is 0 Å². The van der Waals surface area contributed by atoms with Crippen LogP contribution < -0.4 is 15.4 Å². The van der Waals surface area contributed by atoms with E-state index in [0.29, 0.717) is 30.2 Å². The molecule has 0 amide bonds. The van der Waals surface area contributed by atoms with E-state index in [2.05, 4.69) is 15.6 Å². The second-order valence-corrected chi connectivity index (χ2v) is 10.5. The van der Waals surface area contributed by atoms with E-state index < -0.39 is 15.7 Å². The molecule has 0 saturated carbocycles. The lowest BCUT2D eigenvalue weighted by Gasteiger charge is -2.23. The third-order valence-electron chi connectivity index (χ3n) is 4.17. The van der Waals surface area contributed by atoms with Gasteiger partial charge in [-0.25, -0.2) is 17.8 Å². The Morgan fingerprint density at radius 1 is 1.06 bits per heavy atom. The van der Waals surface area contributed by atoms with Crippen molar-refractivity contribution in [1.82, 2.24) is 10.6 Å². The van der Waals surface area contributed by atoms with E-state index in [4.69, 9.17) is 4.74 Å². The Hall–Kier alpha value is -1.88. The van der Waals surface area contributed by atoms with Crippen molar-refractivity contribution in [2.75, 3.05) is 12.8 Å². The smallest absolute Gasteiger partial charge is 0.191 e. The summed E-state index contributed by atoms with van der Waals surface area (Å²) >= 11 is 0. The standard InChI is InChI=1S/C23H32FN3O3S.HI/c1-6-25-22(26-14-17-9-7-8-10-21(17)30-23(2,3)4)27-15-19-13-20(24)12-11-18(19)16-31(5,28)29;/h7-13H,6,14-16H2,1-5H3,(H2,25,26,27);1H. The first-order valence-corrected chi connectivity index (χ1v) is 12.3. The Kier molecular flexibility index (Phi) is 10.9. The number of hydrogen-bond acceptors (Lipinski definition) is 4. The van der Waals surface area contributed by atoms with Crippen molar-refractivity contribution in [1.29, 1.82) is 0 Å². The van der Waals surface area contributed by atoms with Crippen LogP contribution in [0, 0.1) is 5.82 Å². The molecule has 0 saturated heterocycles. The number of benzene rings is 2. The lowest BCUT2D eigenvalue weighted by Crippen LogP contribution is -2.37. The maximum Gasteiger partial charge on any atom is 0.191 e. The fraction of sp³-hybridized carbons (Fsp3) is 0.435. The number of aliphatic imine (C=N–C) groups is 1. The number of rotatable bonds is 8. The van der Waals surface area contributed by atoms with Gasteiger partial charge in [0.2, 0.25) is 0 Å². The zero-order valence-corrected chi connectivity index (χ0v) is 22.4. The van der Waals surface area contributed by atoms with Gasteiger partial charge in [-0.3, -0.25) is 0 Å². The molecule has 178 valence electrons. The number of guanidine groups is 1. The molecule has 0 radical (unpaired) electrons. The minimum Gasteiger partial charge on any atom is -0.488 e. The molecule has 0 aliphatic rings. The van der Waals surface area contributed by atoms with Crippen LogP contribution in [-0.2, 0) is 28.7 Å². The van der Waals surface area contributed by atoms with Gasteiger partial charge in [-0.1, -0.05) is 24.3 Å². The molecular weight excluding hydrogens is 544 g/mol. The highest BCUT2D eigenvalue weighted by Crippen LogP contribution is 2.23. The average molecular weight is 578 g/mol. The molecule has 0 bridgehead atoms. The summed E-state index contributed by atoms with van der Waals surface area (Å²) < 4.78 is 43.2. The van der Waals surface area contributed by atoms with E-state index >= 15 is 0 Å². The van der Waals surface area contributed by atoms with Crippen LogP contribution >= 0.6 is 24.0 Å². The van der Waals surface area contributed by atoms with Crippen LogP contribution in [0.15, 0.2) is 47.5 Å². The van der Waals surface area contributed by atoms with Crippen LogP contribution in [0.5, 0.6) is 5.75 Å². The second-order valence-electron chi connectivity index (χ2n) is 8.35. The summed E-state index contributed by atoms with van der Waals surface area (Å²) in [4.78, 5) is 4.53. The first-order valence-electron chi connectivity index (χ1n) is 10.2. The Morgan fingerprint density at radius 3 is 2.38 bits per heavy atom. The van der Waals surface area contributed by atoms with E-state index in [1.165, 1.54) is 18.2 Å². The first kappa shape index (κ1) is 28.2. The van der Waals surface area contributed by atoms with Gasteiger partial charge in [0.25, 0.3) is 0 Å². The van der Waals surface area contributed by atoms with Gasteiger partial charge in [-0.05, 0) is 57.0 Å². The predicted molar refractivity (Wildman–Crippen MR) is 139 cm³/mol. The van der Waals surface area contributed by atoms with Crippen molar-refractivity contribution >= 4 is 39.8 Å². The third-order valence-corrected chi connectivity index (χ3v) is 5.01. The van der Waals surface area contributed by atoms with Gasteiger partial charge in [0.15, 0.2) is 15.8 Å². The molecule has 6 nitrogen and oxygen atoms in total. The number of hydrogen-bond donors (Lipinski definition) is 2. The van der Waals surface area contributed by atoms with E-state index in [-0.39, 0.29) is 41.9 Å². The molecule has 32 heavy (non-hydrogen) atoms. The van der Waals surface area contributed by atoms with E-state index in [9.17, 15) is 12.8 Å². The minimum absolute atomic E-state index is 0. The maximum absolute atomic E-state index is 13.8. The van der Waals surface area contributed by atoms with Crippen molar-refractivity contribution < 1.29 is 17.5 Å². The van der Waals surface area contributed by atoms with Gasteiger partial charge in [0.05, 0.1) is 12.3 Å². The Labute approximate surface area is 208 Å². The molecule has 0 spiro atoms. The summed E-state index contributed by atoms with van der Waals surface area (Å²) in [6.07, 6.45) is 1.16. The lowest BCUT2D eigenvalue weighted by molar-refractivity contribution is 0.129. The lowest BCUT2D eigenvalue weighted by atomic mass is 10.1. The molecule has 2 aromatic carbocycles. The highest BCUT2D eigenvalue weighted by molar-refractivity contribution is 14.0. The molecule has 0 heterocycles. The number of halogens is 2. The summed E-state index contributed by atoms with van der Waals surface area (Å²) in [6.45, 7) is 9.22. The van der Waals surface area contributed by atoms with Crippen molar-refractivity contribution in [2.45, 2.75) is 52.1 Å². The zero-order valence-electron chi connectivity index (χ0n) is 19.2. The molecule has 0 aliphatic carbocycles. The minimum atomic E-state index is -3.24. The quantitative estimate of drug-likeness (QED) is 0.276. The maximum atomic E-state index is 13.8. The third kappa shape index (κ3) is 10.2. The van der Waals surface area contributed by atoms with Gasteiger partial charge >= 0.3 is 0 Å². The van der Waals surface area contributed by atoms with Crippen LogP contribution in [0.4, 0.5) is 4.39 Å². The van der Waals surface area contributed by atoms with Gasteiger partial charge in [0.1, 0.15) is 17.2 Å². The van der Waals surface area contributed by atoms with Gasteiger partial charge in [-0.2, -0.15) is 0 Å². The van der Waals surface area contributed by atoms with Gasteiger partial charge < -0.3 is 15.4 Å². The number of nitrogens with zero attached hydrogens (tertiary/aromatic N) is 1. The van der Waals surface area contributed by atoms with E-state index in [1.807, 2.05) is 52.0 Å². The topological polar surface area (TPSA) is 79.8 Å². The molecule has 2 N–H and O–H groups in total. The van der Waals surface area contributed by atoms with Crippen LogP contribution in [-0.4, -0.2) is 32.8 Å². The van der Waals surface area contributed by atoms with E-state index in [0.717, 1.165) is 17.6 Å². The number of para-hydroxylation sites is 1. The fourth-order valence-electron chi connectivity index (χ4n) is 2.93. The molecule has 0 atom stereocenters. The van der Waals surface area contributed by atoms with Crippen molar-refractivity contribution in [3.8, 4) is 5.75 Å². The van der Waals surface area contributed by atoms with Gasteiger partial charge in [0, 0.05) is 24.9 Å². The Bertz CT molecular complexity index is 1020. The summed E-state index contributed by atoms with van der Waals surface area (Å²) in [6, 6.07) is 11.9. The molecule has 2 aromatic rings. The van der Waals surface area contributed by atoms with Crippen LogP contribution in [0.3, 0.4) is 0 Å². The molecule has 0 aromatic heterocycles. The van der Waals surface area contributed by atoms with Crippen molar-refractivity contribution in [3.63, 3.8) is 0 Å². The molecular formula is C23H33FIN3O3S. The van der Waals surface area contributed by atoms with Crippen LogP contribution in [0.2, 0.25) is 0 Å². The summed E-state index contributed by atoms with van der Waals surface area (Å²) in [5, 5.41) is 6.42. The highest BCUT2D eigenvalue weighted by Gasteiger charge is 2.15. The van der Waals surface area contributed by atoms with Gasteiger partial charge in [-0.15, -0.1) is 24.0 Å². The van der Waals surface area contributed by atoms with Crippen molar-refractivity contribution in [3.05, 3.63) is 65.0 Å². The first-order chi connectivity index (χ1) is 14.5. The molecule has 2 rings (SSSR count). The zero-order chi connectivity index (χ0) is 23.1. The highest BCUT2D eigenvalue weighted by atomic mass is 127. The predicted octanol–water partition coefficient (Wildman–Crippen LogP) is 4.42. The molecule has 0 fully saturated rings. The number of nitrogens with one attached hydrogen (secondary N) is 2. The average Bonchev–Trinajstić information content (AvgIpc) is 2.64. The Morgan fingerprint density at radius 2 is 1.75 bits per heavy atom. The summed E-state index contributed by atoms with van der Waals surface area (Å²) in [7, 11) is -3.24. The van der Waals surface area contributed by atoms with E-state index in [1.54, 1.807) is 0 Å². The Balaban J connectivity index is 0.00000512. The second kappa shape index (κ2) is 12.4. The number of ether oxygens (including phenoxy) is 1. The van der Waals surface area contributed by atoms with Crippen LogP contribution in [0.1, 0.15) is 44.4 Å². The SMILES string of the molecule is CCNC(=NCc1cc(F)ccc1CS(C)(=O)=O)NCc1ccccc1OC(C)(C)C.I. The number of sulfone groups is 1. The molecule has 0 unspecified atom stereocenters. The normalized spacial score (nSPS) is 12.1. The molecule has 9 heteroatoms. The summed E-state index contributed by atoms with van der Waals surface area (Å²) in [5.74, 6) is 0.759.